The van der Waals surface area contributed by atoms with Crippen LogP contribution in [0.25, 0.3) is 11.0 Å². The first-order valence-electron chi connectivity index (χ1n) is 13.4. The molecule has 0 N–H and O–H groups in total. The van der Waals surface area contributed by atoms with Crippen molar-refractivity contribution in [2.45, 2.75) is 67.0 Å². The highest BCUT2D eigenvalue weighted by Crippen LogP contribution is 2.43. The molecule has 1 aromatic heterocycles. The van der Waals surface area contributed by atoms with Crippen LogP contribution in [0.2, 0.25) is 0 Å². The molecule has 4 aromatic rings. The molecule has 1 aliphatic rings. The zero-order valence-electron chi connectivity index (χ0n) is 23.2. The number of aromatic nitrogens is 3. The predicted molar refractivity (Wildman–Crippen MR) is 150 cm³/mol. The lowest BCUT2D eigenvalue weighted by Crippen LogP contribution is -2.36. The minimum absolute atomic E-state index is 0.0679. The van der Waals surface area contributed by atoms with Gasteiger partial charge in [0.25, 0.3) is 5.91 Å². The van der Waals surface area contributed by atoms with Crippen molar-refractivity contribution in [1.29, 1.82) is 5.26 Å². The van der Waals surface area contributed by atoms with Crippen LogP contribution in [0.4, 0.5) is 0 Å². The van der Waals surface area contributed by atoms with Gasteiger partial charge in [0.15, 0.2) is 0 Å². The molecule has 38 heavy (non-hydrogen) atoms. The SMILES string of the molecule is CCn1nnc2c(C)c(C(c3ccc4c(c3)CN(C(=O)c3ccc(C)c(C)c3)CC4)C(C)(C)C#N)ccc21. The molecule has 194 valence electrons. The van der Waals surface area contributed by atoms with E-state index in [4.69, 9.17) is 0 Å². The Kier molecular flexibility index (Phi) is 6.56. The van der Waals surface area contributed by atoms with Crippen LogP contribution >= 0.6 is 0 Å². The van der Waals surface area contributed by atoms with Gasteiger partial charge in [-0.2, -0.15) is 5.26 Å². The van der Waals surface area contributed by atoms with Crippen LogP contribution in [0.15, 0.2) is 48.5 Å². The van der Waals surface area contributed by atoms with Crippen molar-refractivity contribution in [3.63, 3.8) is 0 Å². The smallest absolute Gasteiger partial charge is 0.254 e. The Labute approximate surface area is 224 Å². The lowest BCUT2D eigenvalue weighted by molar-refractivity contribution is 0.0734. The van der Waals surface area contributed by atoms with Gasteiger partial charge in [-0.1, -0.05) is 35.5 Å². The molecule has 0 saturated carbocycles. The first-order valence-corrected chi connectivity index (χ1v) is 13.4. The van der Waals surface area contributed by atoms with E-state index in [0.29, 0.717) is 13.1 Å². The van der Waals surface area contributed by atoms with E-state index in [0.717, 1.165) is 57.4 Å². The van der Waals surface area contributed by atoms with Crippen LogP contribution in [-0.4, -0.2) is 32.3 Å². The molecular weight excluding hydrogens is 470 g/mol. The number of rotatable bonds is 5. The summed E-state index contributed by atoms with van der Waals surface area (Å²) < 4.78 is 1.90. The Morgan fingerprint density at radius 3 is 2.55 bits per heavy atom. The number of amides is 1. The fourth-order valence-electron chi connectivity index (χ4n) is 5.77. The average Bonchev–Trinajstić information content (AvgIpc) is 3.35. The first kappa shape index (κ1) is 25.7. The number of aryl methyl sites for hydroxylation is 4. The Morgan fingerprint density at radius 2 is 1.84 bits per heavy atom. The summed E-state index contributed by atoms with van der Waals surface area (Å²) in [6.45, 7) is 14.3. The topological polar surface area (TPSA) is 74.8 Å². The zero-order chi connectivity index (χ0) is 27.2. The molecule has 1 aliphatic heterocycles. The minimum Gasteiger partial charge on any atom is -0.334 e. The molecule has 0 radical (unpaired) electrons. The second kappa shape index (κ2) is 9.72. The zero-order valence-corrected chi connectivity index (χ0v) is 23.2. The Bertz CT molecular complexity index is 1590. The van der Waals surface area contributed by atoms with Crippen LogP contribution in [0, 0.1) is 37.5 Å². The number of carbonyl (C=O) groups excluding carboxylic acids is 1. The van der Waals surface area contributed by atoms with Crippen molar-refractivity contribution in [3.8, 4) is 6.07 Å². The molecule has 6 nitrogen and oxygen atoms in total. The van der Waals surface area contributed by atoms with Crippen molar-refractivity contribution in [1.82, 2.24) is 19.9 Å². The van der Waals surface area contributed by atoms with Gasteiger partial charge in [-0.3, -0.25) is 4.79 Å². The molecule has 0 spiro atoms. The molecule has 2 heterocycles. The molecule has 1 unspecified atom stereocenters. The number of hydrogen-bond donors (Lipinski definition) is 0. The summed E-state index contributed by atoms with van der Waals surface area (Å²) in [7, 11) is 0. The van der Waals surface area contributed by atoms with E-state index >= 15 is 0 Å². The summed E-state index contributed by atoms with van der Waals surface area (Å²) in [6.07, 6.45) is 0.823. The van der Waals surface area contributed by atoms with Gasteiger partial charge in [-0.25, -0.2) is 4.68 Å². The molecular formula is C32H35N5O. The van der Waals surface area contributed by atoms with Crippen molar-refractivity contribution >= 4 is 16.9 Å². The van der Waals surface area contributed by atoms with Gasteiger partial charge in [-0.15, -0.1) is 5.10 Å². The van der Waals surface area contributed by atoms with Gasteiger partial charge in [-0.05, 0) is 105 Å². The third-order valence-electron chi connectivity index (χ3n) is 8.22. The quantitative estimate of drug-likeness (QED) is 0.321. The molecule has 0 saturated heterocycles. The molecule has 6 heteroatoms. The van der Waals surface area contributed by atoms with Crippen LogP contribution in [-0.2, 0) is 19.5 Å². The predicted octanol–water partition coefficient (Wildman–Crippen LogP) is 6.26. The number of carbonyl (C=O) groups is 1. The van der Waals surface area contributed by atoms with Crippen LogP contribution in [0.3, 0.4) is 0 Å². The van der Waals surface area contributed by atoms with Gasteiger partial charge in [0.1, 0.15) is 5.52 Å². The highest BCUT2D eigenvalue weighted by molar-refractivity contribution is 5.94. The lowest BCUT2D eigenvalue weighted by atomic mass is 9.70. The fraction of sp³-hybridized carbons (Fsp3) is 0.375. The summed E-state index contributed by atoms with van der Waals surface area (Å²) in [5.41, 5.74) is 9.93. The summed E-state index contributed by atoms with van der Waals surface area (Å²) in [5.74, 6) is -0.0850. The van der Waals surface area contributed by atoms with Crippen molar-refractivity contribution in [2.24, 2.45) is 5.41 Å². The molecule has 1 amide bonds. The average molecular weight is 506 g/mol. The standard InChI is InChI=1S/C32H35N5O/c1-7-37-28-13-12-27(22(4)30(28)34-35-37)29(32(5,6)19-33)24-11-10-23-14-15-36(18-26(23)17-24)31(38)25-9-8-20(2)21(3)16-25/h8-13,16-17,29H,7,14-15,18H2,1-6H3. The fourth-order valence-corrected chi connectivity index (χ4v) is 5.77. The van der Waals surface area contributed by atoms with Crippen LogP contribution in [0.5, 0.6) is 0 Å². The van der Waals surface area contributed by atoms with E-state index in [1.807, 2.05) is 48.6 Å². The maximum Gasteiger partial charge on any atom is 0.254 e. The van der Waals surface area contributed by atoms with Gasteiger partial charge in [0.05, 0.1) is 17.0 Å². The first-order chi connectivity index (χ1) is 18.1. The number of nitriles is 1. The van der Waals surface area contributed by atoms with Gasteiger partial charge in [0, 0.05) is 31.1 Å². The molecule has 5 rings (SSSR count). The lowest BCUT2D eigenvalue weighted by Gasteiger charge is -2.33. The minimum atomic E-state index is -0.656. The van der Waals surface area contributed by atoms with Crippen LogP contribution in [0.1, 0.15) is 76.0 Å². The normalized spacial score (nSPS) is 14.3. The van der Waals surface area contributed by atoms with Crippen molar-refractivity contribution < 1.29 is 4.79 Å². The highest BCUT2D eigenvalue weighted by Gasteiger charge is 2.35. The van der Waals surface area contributed by atoms with Crippen molar-refractivity contribution in [3.05, 3.63) is 93.0 Å². The Balaban J connectivity index is 1.53. The second-order valence-electron chi connectivity index (χ2n) is 11.1. The van der Waals surface area contributed by atoms with Gasteiger partial charge < -0.3 is 4.90 Å². The Morgan fingerprint density at radius 1 is 1.05 bits per heavy atom. The molecule has 0 aliphatic carbocycles. The maximum atomic E-state index is 13.4. The van der Waals surface area contributed by atoms with E-state index in [9.17, 15) is 10.1 Å². The molecule has 0 bridgehead atoms. The van der Waals surface area contributed by atoms with E-state index in [1.54, 1.807) is 0 Å². The summed E-state index contributed by atoms with van der Waals surface area (Å²) in [6, 6.07) is 19.3. The van der Waals surface area contributed by atoms with Crippen LogP contribution < -0.4 is 0 Å². The number of fused-ring (bicyclic) bond motifs is 2. The summed E-state index contributed by atoms with van der Waals surface area (Å²) >= 11 is 0. The highest BCUT2D eigenvalue weighted by atomic mass is 16.2. The summed E-state index contributed by atoms with van der Waals surface area (Å²) in [4.78, 5) is 15.3. The van der Waals surface area contributed by atoms with Crippen molar-refractivity contribution in [2.75, 3.05) is 6.54 Å². The molecule has 1 atom stereocenters. The van der Waals surface area contributed by atoms with E-state index in [1.165, 1.54) is 11.1 Å². The van der Waals surface area contributed by atoms with E-state index < -0.39 is 5.41 Å². The largest absolute Gasteiger partial charge is 0.334 e. The molecule has 3 aromatic carbocycles. The Hall–Kier alpha value is -3.98. The molecule has 0 fully saturated rings. The monoisotopic (exact) mass is 505 g/mol. The number of nitrogens with zero attached hydrogens (tertiary/aromatic N) is 5. The number of hydrogen-bond acceptors (Lipinski definition) is 4. The van der Waals surface area contributed by atoms with E-state index in [-0.39, 0.29) is 11.8 Å². The maximum absolute atomic E-state index is 13.4. The second-order valence-corrected chi connectivity index (χ2v) is 11.1. The third-order valence-corrected chi connectivity index (χ3v) is 8.22. The van der Waals surface area contributed by atoms with E-state index in [2.05, 4.69) is 67.5 Å². The third kappa shape index (κ3) is 4.36. The summed E-state index contributed by atoms with van der Waals surface area (Å²) in [5, 5.41) is 19.0. The number of benzene rings is 3. The van der Waals surface area contributed by atoms with Gasteiger partial charge in [0.2, 0.25) is 0 Å². The van der Waals surface area contributed by atoms with Gasteiger partial charge >= 0.3 is 0 Å².